The molecule has 20 heavy (non-hydrogen) atoms. The molecule has 1 aromatic rings. The van der Waals surface area contributed by atoms with Gasteiger partial charge >= 0.3 is 5.97 Å². The van der Waals surface area contributed by atoms with Gasteiger partial charge in [0.15, 0.2) is 11.6 Å². The van der Waals surface area contributed by atoms with Crippen LogP contribution in [0.1, 0.15) is 38.8 Å². The molecule has 0 aliphatic carbocycles. The van der Waals surface area contributed by atoms with E-state index in [2.05, 4.69) is 0 Å². The van der Waals surface area contributed by atoms with Gasteiger partial charge in [0.05, 0.1) is 13.0 Å². The molecule has 1 atom stereocenters. The van der Waals surface area contributed by atoms with E-state index in [-0.39, 0.29) is 18.6 Å². The van der Waals surface area contributed by atoms with E-state index in [1.807, 2.05) is 18.7 Å². The van der Waals surface area contributed by atoms with Crippen molar-refractivity contribution in [3.63, 3.8) is 0 Å². The van der Waals surface area contributed by atoms with Crippen LogP contribution in [-0.4, -0.2) is 30.6 Å². The van der Waals surface area contributed by atoms with E-state index >= 15 is 0 Å². The highest BCUT2D eigenvalue weighted by Crippen LogP contribution is 2.28. The van der Waals surface area contributed by atoms with Crippen molar-refractivity contribution in [3.05, 3.63) is 35.4 Å². The highest BCUT2D eigenvalue weighted by molar-refractivity contribution is 5.70. The molecule has 1 rings (SSSR count). The van der Waals surface area contributed by atoms with E-state index < -0.39 is 23.6 Å². The predicted octanol–water partition coefficient (Wildman–Crippen LogP) is 3.30. The molecule has 0 radical (unpaired) electrons. The van der Waals surface area contributed by atoms with Crippen molar-refractivity contribution in [2.45, 2.75) is 33.2 Å². The Balaban J connectivity index is 3.09. The molecule has 0 bridgehead atoms. The van der Waals surface area contributed by atoms with Crippen molar-refractivity contribution in [1.82, 2.24) is 4.90 Å². The average Bonchev–Trinajstić information content (AvgIpc) is 2.42. The molecule has 0 amide bonds. The number of esters is 1. The standard InChI is InChI=1S/C15H21F2NO2/c1-4-18(5-2)13(10-14(19)20-6-3)11-8-7-9-12(16)15(11)17/h7-9,13H,4-6,10H2,1-3H3. The summed E-state index contributed by atoms with van der Waals surface area (Å²) >= 11 is 0. The van der Waals surface area contributed by atoms with E-state index in [0.717, 1.165) is 6.07 Å². The molecule has 1 unspecified atom stereocenters. The van der Waals surface area contributed by atoms with Crippen LogP contribution in [0.4, 0.5) is 8.78 Å². The third kappa shape index (κ3) is 4.00. The van der Waals surface area contributed by atoms with Gasteiger partial charge in [0, 0.05) is 11.6 Å². The van der Waals surface area contributed by atoms with Crippen molar-refractivity contribution in [2.75, 3.05) is 19.7 Å². The molecule has 0 aromatic heterocycles. The maximum absolute atomic E-state index is 14.0. The van der Waals surface area contributed by atoms with Gasteiger partial charge in [-0.1, -0.05) is 26.0 Å². The first-order chi connectivity index (χ1) is 9.54. The Morgan fingerprint density at radius 3 is 2.45 bits per heavy atom. The van der Waals surface area contributed by atoms with E-state index in [4.69, 9.17) is 4.74 Å². The number of benzene rings is 1. The summed E-state index contributed by atoms with van der Waals surface area (Å²) in [5, 5.41) is 0. The second-order valence-corrected chi connectivity index (χ2v) is 4.39. The Labute approximate surface area is 118 Å². The predicted molar refractivity (Wildman–Crippen MR) is 73.3 cm³/mol. The van der Waals surface area contributed by atoms with Crippen LogP contribution < -0.4 is 0 Å². The monoisotopic (exact) mass is 285 g/mol. The highest BCUT2D eigenvalue weighted by Gasteiger charge is 2.25. The van der Waals surface area contributed by atoms with Crippen LogP contribution in [0.15, 0.2) is 18.2 Å². The zero-order valence-electron chi connectivity index (χ0n) is 12.2. The molecule has 0 spiro atoms. The fraction of sp³-hybridized carbons (Fsp3) is 0.533. The fourth-order valence-corrected chi connectivity index (χ4v) is 2.26. The second-order valence-electron chi connectivity index (χ2n) is 4.39. The highest BCUT2D eigenvalue weighted by atomic mass is 19.2. The van der Waals surface area contributed by atoms with Gasteiger partial charge in [-0.25, -0.2) is 8.78 Å². The minimum absolute atomic E-state index is 0.00981. The SMILES string of the molecule is CCOC(=O)CC(c1cccc(F)c1F)N(CC)CC. The lowest BCUT2D eigenvalue weighted by atomic mass is 10.0. The van der Waals surface area contributed by atoms with Gasteiger partial charge in [-0.15, -0.1) is 0 Å². The van der Waals surface area contributed by atoms with Gasteiger partial charge in [-0.05, 0) is 26.1 Å². The molecule has 0 saturated heterocycles. The molecule has 0 N–H and O–H groups in total. The zero-order chi connectivity index (χ0) is 15.1. The Morgan fingerprint density at radius 1 is 1.25 bits per heavy atom. The summed E-state index contributed by atoms with van der Waals surface area (Å²) in [6, 6.07) is 3.53. The van der Waals surface area contributed by atoms with E-state index in [0.29, 0.717) is 13.1 Å². The average molecular weight is 285 g/mol. The molecule has 5 heteroatoms. The minimum atomic E-state index is -0.900. The molecule has 0 saturated carbocycles. The first-order valence-electron chi connectivity index (χ1n) is 6.88. The van der Waals surface area contributed by atoms with E-state index in [1.165, 1.54) is 12.1 Å². The number of carbonyl (C=O) groups is 1. The number of carbonyl (C=O) groups excluding carboxylic acids is 1. The number of ether oxygens (including phenoxy) is 1. The molecule has 0 heterocycles. The molecule has 112 valence electrons. The maximum Gasteiger partial charge on any atom is 0.307 e. The first-order valence-corrected chi connectivity index (χ1v) is 6.88. The van der Waals surface area contributed by atoms with Crippen LogP contribution in [0.2, 0.25) is 0 Å². The third-order valence-corrected chi connectivity index (χ3v) is 3.26. The molecular weight excluding hydrogens is 264 g/mol. The summed E-state index contributed by atoms with van der Waals surface area (Å²) in [5.74, 6) is -2.20. The number of halogens is 2. The largest absolute Gasteiger partial charge is 0.466 e. The second kappa shape index (κ2) is 7.94. The minimum Gasteiger partial charge on any atom is -0.466 e. The summed E-state index contributed by atoms with van der Waals surface area (Å²) in [7, 11) is 0. The van der Waals surface area contributed by atoms with Crippen LogP contribution in [0.5, 0.6) is 0 Å². The molecule has 0 aliphatic heterocycles. The van der Waals surface area contributed by atoms with E-state index in [9.17, 15) is 13.6 Å². The lowest BCUT2D eigenvalue weighted by Gasteiger charge is -2.29. The summed E-state index contributed by atoms with van der Waals surface area (Å²) < 4.78 is 32.3. The number of hydrogen-bond donors (Lipinski definition) is 0. The van der Waals surface area contributed by atoms with Gasteiger partial charge in [0.2, 0.25) is 0 Å². The zero-order valence-corrected chi connectivity index (χ0v) is 12.2. The lowest BCUT2D eigenvalue weighted by molar-refractivity contribution is -0.144. The lowest BCUT2D eigenvalue weighted by Crippen LogP contribution is -2.31. The molecule has 0 aliphatic rings. The van der Waals surface area contributed by atoms with E-state index in [1.54, 1.807) is 6.92 Å². The van der Waals surface area contributed by atoms with Crippen LogP contribution in [0, 0.1) is 11.6 Å². The van der Waals surface area contributed by atoms with Crippen molar-refractivity contribution in [2.24, 2.45) is 0 Å². The Kier molecular flexibility index (Phi) is 6.58. The topological polar surface area (TPSA) is 29.5 Å². The van der Waals surface area contributed by atoms with Gasteiger partial charge in [0.25, 0.3) is 0 Å². The smallest absolute Gasteiger partial charge is 0.307 e. The fourth-order valence-electron chi connectivity index (χ4n) is 2.26. The first kappa shape index (κ1) is 16.6. The normalized spacial score (nSPS) is 12.5. The quantitative estimate of drug-likeness (QED) is 0.720. The Hall–Kier alpha value is -1.49. The van der Waals surface area contributed by atoms with Crippen LogP contribution in [-0.2, 0) is 9.53 Å². The number of nitrogens with zero attached hydrogens (tertiary/aromatic N) is 1. The van der Waals surface area contributed by atoms with Crippen LogP contribution in [0.25, 0.3) is 0 Å². The Bertz CT molecular complexity index is 447. The summed E-state index contributed by atoms with van der Waals surface area (Å²) in [4.78, 5) is 13.6. The number of hydrogen-bond acceptors (Lipinski definition) is 3. The van der Waals surface area contributed by atoms with Crippen LogP contribution >= 0.6 is 0 Å². The van der Waals surface area contributed by atoms with Gasteiger partial charge in [0.1, 0.15) is 0 Å². The molecule has 1 aromatic carbocycles. The molecular formula is C15H21F2NO2. The molecule has 0 fully saturated rings. The molecule has 3 nitrogen and oxygen atoms in total. The van der Waals surface area contributed by atoms with Gasteiger partial charge in [-0.3, -0.25) is 9.69 Å². The maximum atomic E-state index is 14.0. The number of rotatable bonds is 7. The van der Waals surface area contributed by atoms with Crippen molar-refractivity contribution in [3.8, 4) is 0 Å². The summed E-state index contributed by atoms with van der Waals surface area (Å²) in [6.45, 7) is 7.09. The summed E-state index contributed by atoms with van der Waals surface area (Å²) in [6.07, 6.45) is 0.00981. The Morgan fingerprint density at radius 2 is 1.90 bits per heavy atom. The van der Waals surface area contributed by atoms with Crippen molar-refractivity contribution >= 4 is 5.97 Å². The summed E-state index contributed by atoms with van der Waals surface area (Å²) in [5.41, 5.74) is 0.196. The van der Waals surface area contributed by atoms with Gasteiger partial charge in [-0.2, -0.15) is 0 Å². The third-order valence-electron chi connectivity index (χ3n) is 3.26. The van der Waals surface area contributed by atoms with Crippen molar-refractivity contribution in [1.29, 1.82) is 0 Å². The van der Waals surface area contributed by atoms with Gasteiger partial charge < -0.3 is 4.74 Å². The van der Waals surface area contributed by atoms with Crippen LogP contribution in [0.3, 0.4) is 0 Å². The van der Waals surface area contributed by atoms with Crippen molar-refractivity contribution < 1.29 is 18.3 Å².